The Kier molecular flexibility index (Phi) is 4.65. The van der Waals surface area contributed by atoms with Gasteiger partial charge in [0.1, 0.15) is 5.75 Å². The van der Waals surface area contributed by atoms with Gasteiger partial charge in [-0.1, -0.05) is 18.2 Å². The standard InChI is InChI=1S/C19H25NO2/c1-13-10-18(8-9-22-13)20-14(2)15-4-5-17-12-19(21-3)7-6-16(17)11-15/h4-7,11-14,18,20H,8-10H2,1-3H3/t13-,14+,18+/m1/s1. The molecule has 0 bridgehead atoms. The summed E-state index contributed by atoms with van der Waals surface area (Å²) in [4.78, 5) is 0. The minimum atomic E-state index is 0.349. The molecule has 3 rings (SSSR count). The minimum absolute atomic E-state index is 0.349. The van der Waals surface area contributed by atoms with Crippen LogP contribution in [-0.4, -0.2) is 25.9 Å². The first kappa shape index (κ1) is 15.3. The molecule has 1 aliphatic rings. The number of rotatable bonds is 4. The Morgan fingerprint density at radius 1 is 1.18 bits per heavy atom. The van der Waals surface area contributed by atoms with Crippen LogP contribution in [0.2, 0.25) is 0 Å². The first-order valence-corrected chi connectivity index (χ1v) is 8.11. The molecule has 0 aromatic heterocycles. The molecule has 0 aliphatic carbocycles. The molecule has 3 nitrogen and oxygen atoms in total. The number of hydrogen-bond acceptors (Lipinski definition) is 3. The van der Waals surface area contributed by atoms with E-state index in [0.29, 0.717) is 18.2 Å². The number of methoxy groups -OCH3 is 1. The van der Waals surface area contributed by atoms with Gasteiger partial charge in [-0.3, -0.25) is 0 Å². The summed E-state index contributed by atoms with van der Waals surface area (Å²) in [5, 5.41) is 6.22. The van der Waals surface area contributed by atoms with Crippen LogP contribution in [0.5, 0.6) is 5.75 Å². The number of benzene rings is 2. The van der Waals surface area contributed by atoms with E-state index in [2.05, 4.69) is 49.5 Å². The van der Waals surface area contributed by atoms with Crippen LogP contribution in [0.15, 0.2) is 36.4 Å². The van der Waals surface area contributed by atoms with E-state index in [0.717, 1.165) is 25.2 Å². The Balaban J connectivity index is 1.74. The molecular weight excluding hydrogens is 274 g/mol. The van der Waals surface area contributed by atoms with E-state index < -0.39 is 0 Å². The van der Waals surface area contributed by atoms with Crippen LogP contribution in [0.25, 0.3) is 10.8 Å². The Hall–Kier alpha value is -1.58. The van der Waals surface area contributed by atoms with Gasteiger partial charge in [0, 0.05) is 18.7 Å². The lowest BCUT2D eigenvalue weighted by Gasteiger charge is -2.30. The lowest BCUT2D eigenvalue weighted by atomic mass is 9.99. The van der Waals surface area contributed by atoms with Gasteiger partial charge in [-0.05, 0) is 61.2 Å². The van der Waals surface area contributed by atoms with Crippen LogP contribution in [0.1, 0.15) is 38.3 Å². The Bertz CT molecular complexity index is 640. The van der Waals surface area contributed by atoms with Crippen molar-refractivity contribution in [2.24, 2.45) is 0 Å². The van der Waals surface area contributed by atoms with Crippen molar-refractivity contribution < 1.29 is 9.47 Å². The SMILES string of the molecule is COc1ccc2cc([C@H](C)N[C@H]3CCO[C@H](C)C3)ccc2c1. The van der Waals surface area contributed by atoms with Gasteiger partial charge in [-0.25, -0.2) is 0 Å². The average molecular weight is 299 g/mol. The van der Waals surface area contributed by atoms with Gasteiger partial charge in [0.05, 0.1) is 13.2 Å². The molecule has 0 radical (unpaired) electrons. The van der Waals surface area contributed by atoms with Crippen LogP contribution in [0.3, 0.4) is 0 Å². The molecule has 118 valence electrons. The molecule has 1 N–H and O–H groups in total. The average Bonchev–Trinajstić information content (AvgIpc) is 2.53. The van der Waals surface area contributed by atoms with Crippen molar-refractivity contribution in [3.63, 3.8) is 0 Å². The zero-order valence-corrected chi connectivity index (χ0v) is 13.6. The second kappa shape index (κ2) is 6.67. The lowest BCUT2D eigenvalue weighted by Crippen LogP contribution is -2.39. The molecule has 0 saturated carbocycles. The van der Waals surface area contributed by atoms with Gasteiger partial charge in [0.15, 0.2) is 0 Å². The van der Waals surface area contributed by atoms with Crippen molar-refractivity contribution >= 4 is 10.8 Å². The summed E-state index contributed by atoms with van der Waals surface area (Å²) in [6.07, 6.45) is 2.55. The predicted octanol–water partition coefficient (Wildman–Crippen LogP) is 4.07. The fourth-order valence-corrected chi connectivity index (χ4v) is 3.24. The number of fused-ring (bicyclic) bond motifs is 1. The third kappa shape index (κ3) is 3.42. The maximum Gasteiger partial charge on any atom is 0.119 e. The molecule has 0 unspecified atom stereocenters. The molecule has 3 atom stereocenters. The molecule has 3 heteroatoms. The minimum Gasteiger partial charge on any atom is -0.497 e. The highest BCUT2D eigenvalue weighted by Crippen LogP contribution is 2.25. The molecule has 0 amide bonds. The second-order valence-corrected chi connectivity index (χ2v) is 6.26. The van der Waals surface area contributed by atoms with E-state index in [9.17, 15) is 0 Å². The van der Waals surface area contributed by atoms with Gasteiger partial charge in [0.2, 0.25) is 0 Å². The molecule has 1 fully saturated rings. The highest BCUT2D eigenvalue weighted by molar-refractivity contribution is 5.84. The fraction of sp³-hybridized carbons (Fsp3) is 0.474. The lowest BCUT2D eigenvalue weighted by molar-refractivity contribution is 0.0116. The normalized spacial score (nSPS) is 23.4. The Labute approximate surface area is 132 Å². The zero-order chi connectivity index (χ0) is 15.5. The summed E-state index contributed by atoms with van der Waals surface area (Å²) in [5.74, 6) is 0.905. The van der Waals surface area contributed by atoms with Gasteiger partial charge >= 0.3 is 0 Å². The van der Waals surface area contributed by atoms with E-state index in [4.69, 9.17) is 9.47 Å². The summed E-state index contributed by atoms with van der Waals surface area (Å²) in [6.45, 7) is 5.26. The molecule has 22 heavy (non-hydrogen) atoms. The summed E-state index contributed by atoms with van der Waals surface area (Å²) in [6, 6.07) is 13.8. The maximum absolute atomic E-state index is 5.62. The fourth-order valence-electron chi connectivity index (χ4n) is 3.24. The van der Waals surface area contributed by atoms with Crippen LogP contribution in [0, 0.1) is 0 Å². The van der Waals surface area contributed by atoms with Gasteiger partial charge < -0.3 is 14.8 Å². The van der Waals surface area contributed by atoms with Crippen molar-refractivity contribution in [2.45, 2.75) is 44.9 Å². The van der Waals surface area contributed by atoms with Crippen molar-refractivity contribution in [1.29, 1.82) is 0 Å². The topological polar surface area (TPSA) is 30.5 Å². The summed E-state index contributed by atoms with van der Waals surface area (Å²) in [5.41, 5.74) is 1.33. The maximum atomic E-state index is 5.62. The first-order chi connectivity index (χ1) is 10.7. The summed E-state index contributed by atoms with van der Waals surface area (Å²) in [7, 11) is 1.70. The molecule has 1 saturated heterocycles. The zero-order valence-electron chi connectivity index (χ0n) is 13.6. The summed E-state index contributed by atoms with van der Waals surface area (Å²) >= 11 is 0. The number of nitrogens with one attached hydrogen (secondary N) is 1. The van der Waals surface area contributed by atoms with Crippen LogP contribution in [-0.2, 0) is 4.74 Å². The second-order valence-electron chi connectivity index (χ2n) is 6.26. The van der Waals surface area contributed by atoms with E-state index in [1.165, 1.54) is 16.3 Å². The largest absolute Gasteiger partial charge is 0.497 e. The molecule has 2 aromatic carbocycles. The quantitative estimate of drug-likeness (QED) is 0.923. The number of ether oxygens (including phenoxy) is 2. The molecule has 1 heterocycles. The van der Waals surface area contributed by atoms with E-state index in [1.54, 1.807) is 7.11 Å². The molecule has 1 aliphatic heterocycles. The Morgan fingerprint density at radius 3 is 2.73 bits per heavy atom. The van der Waals surface area contributed by atoms with Gasteiger partial charge in [-0.15, -0.1) is 0 Å². The highest BCUT2D eigenvalue weighted by Gasteiger charge is 2.21. The van der Waals surface area contributed by atoms with Crippen LogP contribution >= 0.6 is 0 Å². The van der Waals surface area contributed by atoms with Crippen LogP contribution < -0.4 is 10.1 Å². The monoisotopic (exact) mass is 299 g/mol. The van der Waals surface area contributed by atoms with Crippen LogP contribution in [0.4, 0.5) is 0 Å². The van der Waals surface area contributed by atoms with Crippen molar-refractivity contribution in [3.05, 3.63) is 42.0 Å². The number of hydrogen-bond donors (Lipinski definition) is 1. The van der Waals surface area contributed by atoms with E-state index in [-0.39, 0.29) is 0 Å². The van der Waals surface area contributed by atoms with E-state index >= 15 is 0 Å². The predicted molar refractivity (Wildman–Crippen MR) is 90.5 cm³/mol. The van der Waals surface area contributed by atoms with Crippen molar-refractivity contribution in [3.8, 4) is 5.75 Å². The van der Waals surface area contributed by atoms with Gasteiger partial charge in [0.25, 0.3) is 0 Å². The van der Waals surface area contributed by atoms with E-state index in [1.807, 2.05) is 6.07 Å². The molecular formula is C19H25NO2. The van der Waals surface area contributed by atoms with Gasteiger partial charge in [-0.2, -0.15) is 0 Å². The smallest absolute Gasteiger partial charge is 0.119 e. The van der Waals surface area contributed by atoms with Crippen molar-refractivity contribution in [1.82, 2.24) is 5.32 Å². The first-order valence-electron chi connectivity index (χ1n) is 8.11. The van der Waals surface area contributed by atoms with Crippen molar-refractivity contribution in [2.75, 3.05) is 13.7 Å². The molecule has 2 aromatic rings. The Morgan fingerprint density at radius 2 is 1.95 bits per heavy atom. The third-order valence-corrected chi connectivity index (χ3v) is 4.54. The molecule has 0 spiro atoms. The summed E-state index contributed by atoms with van der Waals surface area (Å²) < 4.78 is 10.9. The third-order valence-electron chi connectivity index (χ3n) is 4.54. The highest BCUT2D eigenvalue weighted by atomic mass is 16.5.